The van der Waals surface area contributed by atoms with Crippen LogP contribution in [0.5, 0.6) is 0 Å². The van der Waals surface area contributed by atoms with Gasteiger partial charge in [-0.25, -0.2) is 14.4 Å². The molecule has 1 saturated heterocycles. The summed E-state index contributed by atoms with van der Waals surface area (Å²) in [5.74, 6) is -9.84. The molecule has 24 heteroatoms. The predicted molar refractivity (Wildman–Crippen MR) is 342 cm³/mol. The minimum Gasteiger partial charge on any atom is -0.456 e. The number of ketones is 1. The Bertz CT molecular complexity index is 2630. The van der Waals surface area contributed by atoms with Crippen LogP contribution < -0.4 is 16.0 Å². The maximum absolute atomic E-state index is 15.0. The summed E-state index contributed by atoms with van der Waals surface area (Å²) in [6.07, 6.45) is 3.55. The van der Waals surface area contributed by atoms with Gasteiger partial charge in [-0.3, -0.25) is 38.4 Å². The second kappa shape index (κ2) is 35.4. The molecule has 1 unspecified atom stereocenters. The molecule has 24 nitrogen and oxygen atoms in total. The van der Waals surface area contributed by atoms with Crippen LogP contribution in [-0.4, -0.2) is 213 Å². The number of likely N-dealkylation sites (N-methyl/N-ethyl adjacent to an activating group) is 4. The van der Waals surface area contributed by atoms with Crippen molar-refractivity contribution in [2.24, 2.45) is 35.5 Å². The quantitative estimate of drug-likeness (QED) is 0.0330. The van der Waals surface area contributed by atoms with E-state index in [0.717, 1.165) is 46.8 Å². The van der Waals surface area contributed by atoms with Gasteiger partial charge in [0.1, 0.15) is 47.9 Å². The number of carbonyl (C=O) groups excluding carboxylic acids is 11. The van der Waals surface area contributed by atoms with Gasteiger partial charge in [-0.1, -0.05) is 138 Å². The van der Waals surface area contributed by atoms with Crippen molar-refractivity contribution in [2.75, 3.05) is 47.9 Å². The number of alkyl carbamates (subject to hydrolysis) is 1. The highest BCUT2D eigenvalue weighted by atomic mass is 16.6. The van der Waals surface area contributed by atoms with E-state index in [9.17, 15) is 63.0 Å². The largest absolute Gasteiger partial charge is 0.456 e. The predicted octanol–water partition coefficient (Wildman–Crippen LogP) is 5.67. The molecule has 0 bridgehead atoms. The van der Waals surface area contributed by atoms with Crippen LogP contribution in [0.1, 0.15) is 185 Å². The Morgan fingerprint density at radius 2 is 1.18 bits per heavy atom. The number of Topliss-reactive ketones (excluding diaryl/α,β-unsaturated/α-hetero) is 1. The summed E-state index contributed by atoms with van der Waals surface area (Å²) in [6.45, 7) is 24.0. The molecular weight excluding hydrogens is 1170 g/mol. The molecule has 0 radical (unpaired) electrons. The molecule has 1 aromatic carbocycles. The molecule has 3 rings (SSSR count). The van der Waals surface area contributed by atoms with Gasteiger partial charge in [-0.05, 0) is 96.3 Å². The maximum atomic E-state index is 15.0. The van der Waals surface area contributed by atoms with Crippen LogP contribution in [0.15, 0.2) is 30.3 Å². The average molecular weight is 1280 g/mol. The van der Waals surface area contributed by atoms with E-state index in [-0.39, 0.29) is 50.0 Å². The van der Waals surface area contributed by atoms with Crippen molar-refractivity contribution in [3.63, 3.8) is 0 Å². The molecule has 1 heterocycles. The first-order chi connectivity index (χ1) is 42.3. The molecule has 514 valence electrons. The monoisotopic (exact) mass is 1280 g/mol. The van der Waals surface area contributed by atoms with Crippen molar-refractivity contribution in [1.82, 2.24) is 40.4 Å². The highest BCUT2D eigenvalue weighted by molar-refractivity contribution is 6.00. The number of esters is 2. The van der Waals surface area contributed by atoms with Gasteiger partial charge in [0.05, 0.1) is 12.2 Å². The van der Waals surface area contributed by atoms with E-state index in [0.29, 0.717) is 18.4 Å². The first kappa shape index (κ1) is 78.6. The number of nitrogens with one attached hydrogen (secondary N) is 3. The van der Waals surface area contributed by atoms with E-state index in [1.165, 1.54) is 51.8 Å². The number of likely N-dealkylation sites (tertiary alicyclic amines) is 1. The van der Waals surface area contributed by atoms with Crippen LogP contribution in [0.2, 0.25) is 0 Å². The van der Waals surface area contributed by atoms with Gasteiger partial charge in [0.15, 0.2) is 24.5 Å². The van der Waals surface area contributed by atoms with E-state index in [2.05, 4.69) is 16.0 Å². The van der Waals surface area contributed by atoms with Gasteiger partial charge in [0.2, 0.25) is 35.4 Å². The summed E-state index contributed by atoms with van der Waals surface area (Å²) in [7, 11) is 5.42. The number of ether oxygens (including phenoxy) is 3. The zero-order chi connectivity index (χ0) is 69.2. The van der Waals surface area contributed by atoms with Crippen LogP contribution in [-0.2, 0) is 57.4 Å². The van der Waals surface area contributed by atoms with E-state index < -0.39 is 162 Å². The van der Waals surface area contributed by atoms with Gasteiger partial charge in [-0.2, -0.15) is 0 Å². The number of aliphatic hydroxyl groups excluding tert-OH is 1. The highest BCUT2D eigenvalue weighted by Gasteiger charge is 2.48. The Balaban J connectivity index is 1.94. The van der Waals surface area contributed by atoms with Gasteiger partial charge in [-0.15, -0.1) is 0 Å². The zero-order valence-electron chi connectivity index (χ0n) is 57.8. The molecule has 2 fully saturated rings. The summed E-state index contributed by atoms with van der Waals surface area (Å²) in [5, 5.41) is 30.9. The minimum atomic E-state index is -2.03. The first-order valence-corrected chi connectivity index (χ1v) is 32.6. The smallest absolute Gasteiger partial charge is 0.408 e. The second-order valence-corrected chi connectivity index (χ2v) is 27.8. The number of hydrogen-bond donors (Lipinski definition) is 5. The molecule has 0 aromatic heterocycles. The van der Waals surface area contributed by atoms with Gasteiger partial charge >= 0.3 is 18.0 Å². The minimum absolute atomic E-state index is 0.00855. The number of nitrogens with zero attached hydrogens (tertiary/aromatic N) is 5. The van der Waals surface area contributed by atoms with Crippen molar-refractivity contribution in [3.05, 3.63) is 35.9 Å². The van der Waals surface area contributed by atoms with E-state index in [1.54, 1.807) is 99.6 Å². The van der Waals surface area contributed by atoms with Crippen LogP contribution >= 0.6 is 0 Å². The highest BCUT2D eigenvalue weighted by Crippen LogP contribution is 2.30. The molecule has 5 N–H and O–H groups in total. The molecular formula is C67H110N8O16. The fourth-order valence-electron chi connectivity index (χ4n) is 12.1. The number of rotatable bonds is 32. The summed E-state index contributed by atoms with van der Waals surface area (Å²) in [6, 6.07) is -2.14. The zero-order valence-corrected chi connectivity index (χ0v) is 57.8. The second-order valence-electron chi connectivity index (χ2n) is 27.8. The Kier molecular flexibility index (Phi) is 30.5. The molecule has 1 aliphatic heterocycles. The average Bonchev–Trinajstić information content (AvgIpc) is 1.45. The van der Waals surface area contributed by atoms with Gasteiger partial charge < -0.3 is 64.9 Å². The SMILES string of the molecule is CCC(C)[C@@H](OC(=O)[C@@H](N(C)C(=O)[C@H](CC(C)C)NC(=O)[C@H](C(C)C)N(C)C(=O)[C@@H](NC(=O)OC(C)(C)C)[C@H](C)CC)C(C)(C)O)C(=O)N(C)[C@H](C(=O)N[C@@H](CC1CCCCC1)C(=O)N(C)[C@H](CO)C(=O)N1CCC[C@H]1C(=O)OCC(=O)c1ccccc1)C(C)C. The summed E-state index contributed by atoms with van der Waals surface area (Å²) < 4.78 is 16.9. The van der Waals surface area contributed by atoms with Gasteiger partial charge in [0.25, 0.3) is 5.91 Å². The third-order valence-corrected chi connectivity index (χ3v) is 17.5. The van der Waals surface area contributed by atoms with Crippen molar-refractivity contribution in [3.8, 4) is 0 Å². The number of carbonyl (C=O) groups is 11. The topological polar surface area (TPSA) is 308 Å². The van der Waals surface area contributed by atoms with Crippen LogP contribution in [0.25, 0.3) is 0 Å². The van der Waals surface area contributed by atoms with Crippen molar-refractivity contribution in [2.45, 2.75) is 240 Å². The fraction of sp³-hybridized carbons (Fsp3) is 0.746. The summed E-state index contributed by atoms with van der Waals surface area (Å²) in [4.78, 5) is 162. The van der Waals surface area contributed by atoms with Crippen LogP contribution in [0, 0.1) is 35.5 Å². The third kappa shape index (κ3) is 22.3. The van der Waals surface area contributed by atoms with Crippen LogP contribution in [0.3, 0.4) is 0 Å². The molecule has 1 saturated carbocycles. The van der Waals surface area contributed by atoms with Crippen molar-refractivity contribution >= 4 is 65.2 Å². The maximum Gasteiger partial charge on any atom is 0.408 e. The number of hydrogen-bond acceptors (Lipinski definition) is 16. The normalized spacial score (nSPS) is 18.0. The Morgan fingerprint density at radius 3 is 1.67 bits per heavy atom. The number of amides is 8. The standard InChI is InChI=1S/C67H110N8O16/c1-20-42(9)51(70-65(87)91-66(11,12)13)61(83)72(17)52(40(5)6)56(78)68-46(35-39(3)4)59(81)74(19)55(67(14,15)88)64(86)90-54(43(10)21-2)62(84)73(18)53(41(7)8)57(79)69-47(36-44-29-24-22-25-30-44)58(80)71(16)49(37-76)60(82)75-34-28-33-48(75)63(85)89-38-50(77)45-31-26-23-27-32-45/h23,26-27,31-32,39-44,46-49,51-55,76,88H,20-22,24-25,28-30,33-38H2,1-19H3,(H,68,78)(H,69,79)(H,70,87)/t42-,43?,46+,47+,48+,49-,51+,52+,53+,54-,55-/m1/s1. The fourth-order valence-corrected chi connectivity index (χ4v) is 12.1. The summed E-state index contributed by atoms with van der Waals surface area (Å²) in [5.41, 5.74) is -2.53. The molecule has 2 aliphatic rings. The lowest BCUT2D eigenvalue weighted by Crippen LogP contribution is -2.63. The first-order valence-electron chi connectivity index (χ1n) is 32.6. The van der Waals surface area contributed by atoms with Gasteiger partial charge in [0, 0.05) is 46.2 Å². The molecule has 1 aliphatic carbocycles. The lowest BCUT2D eigenvalue weighted by molar-refractivity contribution is -0.177. The van der Waals surface area contributed by atoms with E-state index in [4.69, 9.17) is 14.2 Å². The molecule has 91 heavy (non-hydrogen) atoms. The lowest BCUT2D eigenvalue weighted by atomic mass is 9.84. The Hall–Kier alpha value is -6.69. The Morgan fingerprint density at radius 1 is 0.648 bits per heavy atom. The van der Waals surface area contributed by atoms with Crippen LogP contribution in [0.4, 0.5) is 4.79 Å². The summed E-state index contributed by atoms with van der Waals surface area (Å²) >= 11 is 0. The van der Waals surface area contributed by atoms with Crippen molar-refractivity contribution in [1.29, 1.82) is 0 Å². The van der Waals surface area contributed by atoms with E-state index in [1.807, 2.05) is 20.8 Å². The lowest BCUT2D eigenvalue weighted by Gasteiger charge is -2.40. The molecule has 8 amide bonds. The molecule has 1 aromatic rings. The molecule has 0 spiro atoms. The third-order valence-electron chi connectivity index (χ3n) is 17.5. The van der Waals surface area contributed by atoms with Crippen molar-refractivity contribution < 1.29 is 77.2 Å². The van der Waals surface area contributed by atoms with E-state index >= 15 is 0 Å². The number of aliphatic hydroxyl groups is 2. The Labute approximate surface area is 540 Å². The number of benzene rings is 1. The molecule has 11 atom stereocenters.